The number of nitrogens with zero attached hydrogens (tertiary/aromatic N) is 3. The van der Waals surface area contributed by atoms with Crippen LogP contribution in [0.2, 0.25) is 0 Å². The first-order chi connectivity index (χ1) is 13.1. The molecule has 1 saturated heterocycles. The van der Waals surface area contributed by atoms with Crippen LogP contribution in [-0.4, -0.2) is 42.6 Å². The molecule has 1 aliphatic rings. The third-order valence-electron chi connectivity index (χ3n) is 4.61. The van der Waals surface area contributed by atoms with Crippen molar-refractivity contribution in [3.05, 3.63) is 47.3 Å². The van der Waals surface area contributed by atoms with Crippen LogP contribution in [0.4, 0.5) is 0 Å². The van der Waals surface area contributed by atoms with Crippen molar-refractivity contribution in [1.82, 2.24) is 20.4 Å². The minimum absolute atomic E-state index is 0. The van der Waals surface area contributed by atoms with Crippen molar-refractivity contribution in [3.63, 3.8) is 0 Å². The third-order valence-corrected chi connectivity index (χ3v) is 4.61. The van der Waals surface area contributed by atoms with Crippen molar-refractivity contribution in [2.24, 2.45) is 18.0 Å². The average molecular weight is 499 g/mol. The van der Waals surface area contributed by atoms with Gasteiger partial charge in [0.15, 0.2) is 5.96 Å². The van der Waals surface area contributed by atoms with Gasteiger partial charge >= 0.3 is 0 Å². The lowest BCUT2D eigenvalue weighted by Gasteiger charge is -2.16. The maximum atomic E-state index is 6.11. The molecule has 2 aromatic rings. The van der Waals surface area contributed by atoms with Gasteiger partial charge in [-0.25, -0.2) is 0 Å². The Hall–Kier alpha value is -1.81. The summed E-state index contributed by atoms with van der Waals surface area (Å²) in [4.78, 5) is 4.29. The van der Waals surface area contributed by atoms with Crippen molar-refractivity contribution >= 4 is 29.9 Å². The fourth-order valence-electron chi connectivity index (χ4n) is 3.01. The number of ether oxygens (including phenoxy) is 2. The van der Waals surface area contributed by atoms with Crippen LogP contribution in [0.3, 0.4) is 0 Å². The highest BCUT2D eigenvalue weighted by Crippen LogP contribution is 2.22. The number of hydrogen-bond donors (Lipinski definition) is 2. The summed E-state index contributed by atoms with van der Waals surface area (Å²) >= 11 is 0. The highest BCUT2D eigenvalue weighted by atomic mass is 127. The number of hydrogen-bond acceptors (Lipinski definition) is 4. The second-order valence-corrected chi connectivity index (χ2v) is 6.95. The van der Waals surface area contributed by atoms with E-state index >= 15 is 0 Å². The molecule has 8 heteroatoms. The van der Waals surface area contributed by atoms with E-state index in [2.05, 4.69) is 45.8 Å². The molecule has 2 heterocycles. The second kappa shape index (κ2) is 11.3. The van der Waals surface area contributed by atoms with Crippen LogP contribution in [-0.2, 0) is 24.9 Å². The summed E-state index contributed by atoms with van der Waals surface area (Å²) in [6.07, 6.45) is 4.90. The summed E-state index contributed by atoms with van der Waals surface area (Å²) in [6, 6.07) is 6.31. The molecule has 7 nitrogen and oxygen atoms in total. The van der Waals surface area contributed by atoms with Gasteiger partial charge in [-0.1, -0.05) is 12.1 Å². The number of nitrogens with one attached hydrogen (secondary N) is 2. The second-order valence-electron chi connectivity index (χ2n) is 6.95. The molecule has 154 valence electrons. The molecule has 1 fully saturated rings. The Kier molecular flexibility index (Phi) is 9.04. The van der Waals surface area contributed by atoms with Crippen LogP contribution >= 0.6 is 24.0 Å². The molecule has 1 aromatic heterocycles. The number of aromatic nitrogens is 2. The lowest BCUT2D eigenvalue weighted by molar-refractivity contribution is 0.166. The van der Waals surface area contributed by atoms with Gasteiger partial charge in [-0.3, -0.25) is 9.67 Å². The number of benzene rings is 1. The Morgan fingerprint density at radius 3 is 2.86 bits per heavy atom. The van der Waals surface area contributed by atoms with E-state index < -0.39 is 0 Å². The Labute approximate surface area is 183 Å². The predicted octanol–water partition coefficient (Wildman–Crippen LogP) is 2.63. The highest BCUT2D eigenvalue weighted by Gasteiger charge is 2.17. The molecule has 3 rings (SSSR count). The predicted molar refractivity (Wildman–Crippen MR) is 121 cm³/mol. The fraction of sp³-hybridized carbons (Fsp3) is 0.500. The van der Waals surface area contributed by atoms with Crippen molar-refractivity contribution in [3.8, 4) is 5.75 Å². The van der Waals surface area contributed by atoms with E-state index in [1.54, 1.807) is 11.7 Å². The Balaban J connectivity index is 0.00000280. The van der Waals surface area contributed by atoms with E-state index in [4.69, 9.17) is 9.47 Å². The van der Waals surface area contributed by atoms with Crippen LogP contribution < -0.4 is 15.4 Å². The van der Waals surface area contributed by atoms with E-state index in [1.807, 2.05) is 19.4 Å². The van der Waals surface area contributed by atoms with Crippen LogP contribution in [0.5, 0.6) is 5.75 Å². The van der Waals surface area contributed by atoms with Crippen LogP contribution in [0.15, 0.2) is 35.6 Å². The first kappa shape index (κ1) is 22.5. The van der Waals surface area contributed by atoms with E-state index in [-0.39, 0.29) is 24.0 Å². The van der Waals surface area contributed by atoms with Crippen LogP contribution in [0.1, 0.15) is 23.1 Å². The van der Waals surface area contributed by atoms with E-state index in [0.29, 0.717) is 25.6 Å². The van der Waals surface area contributed by atoms with Gasteiger partial charge < -0.3 is 20.1 Å². The molecule has 1 atom stereocenters. The molecule has 1 aliphatic heterocycles. The summed E-state index contributed by atoms with van der Waals surface area (Å²) in [5.41, 5.74) is 3.41. The van der Waals surface area contributed by atoms with Crippen molar-refractivity contribution in [2.75, 3.05) is 26.9 Å². The topological polar surface area (TPSA) is 72.7 Å². The molecule has 1 unspecified atom stereocenters. The van der Waals surface area contributed by atoms with Gasteiger partial charge in [0.1, 0.15) is 5.75 Å². The molecular formula is C20H30IN5O2. The normalized spacial score (nSPS) is 16.5. The van der Waals surface area contributed by atoms with E-state index in [9.17, 15) is 0 Å². The first-order valence-corrected chi connectivity index (χ1v) is 9.36. The number of aryl methyl sites for hydroxylation is 2. The molecule has 0 radical (unpaired) electrons. The molecule has 0 bridgehead atoms. The zero-order chi connectivity index (χ0) is 19.1. The highest BCUT2D eigenvalue weighted by molar-refractivity contribution is 14.0. The van der Waals surface area contributed by atoms with E-state index in [0.717, 1.165) is 42.5 Å². The Morgan fingerprint density at radius 2 is 2.18 bits per heavy atom. The lowest BCUT2D eigenvalue weighted by Crippen LogP contribution is -2.36. The molecule has 0 saturated carbocycles. The van der Waals surface area contributed by atoms with Gasteiger partial charge in [0.25, 0.3) is 0 Å². The summed E-state index contributed by atoms with van der Waals surface area (Å²) in [6.45, 7) is 5.73. The number of aliphatic imine (C=N–C) groups is 1. The van der Waals surface area contributed by atoms with Crippen LogP contribution in [0.25, 0.3) is 0 Å². The summed E-state index contributed by atoms with van der Waals surface area (Å²) in [7, 11) is 3.68. The third kappa shape index (κ3) is 6.66. The Bertz CT molecular complexity index is 772. The number of guanidine groups is 1. The number of halogens is 1. The smallest absolute Gasteiger partial charge is 0.191 e. The van der Waals surface area contributed by atoms with E-state index in [1.165, 1.54) is 5.56 Å². The molecule has 0 aliphatic carbocycles. The maximum Gasteiger partial charge on any atom is 0.191 e. The minimum atomic E-state index is 0. The molecule has 28 heavy (non-hydrogen) atoms. The zero-order valence-corrected chi connectivity index (χ0v) is 19.1. The first-order valence-electron chi connectivity index (χ1n) is 9.36. The largest absolute Gasteiger partial charge is 0.493 e. The summed E-state index contributed by atoms with van der Waals surface area (Å²) in [5, 5.41) is 10.8. The molecule has 1 aromatic carbocycles. The Morgan fingerprint density at radius 1 is 1.36 bits per heavy atom. The average Bonchev–Trinajstić information content (AvgIpc) is 3.33. The standard InChI is InChI=1S/C20H29N5O2.HI/c1-15-4-5-18(19(8-15)27-14-16-6-7-26-13-16)11-23-20(21-2)22-9-17-10-24-25(3)12-17;/h4-5,8,10,12,16H,6-7,9,11,13-14H2,1-3H3,(H2,21,22,23);1H. The summed E-state index contributed by atoms with van der Waals surface area (Å²) in [5.74, 6) is 2.16. The molecule has 0 spiro atoms. The zero-order valence-electron chi connectivity index (χ0n) is 16.8. The fourth-order valence-corrected chi connectivity index (χ4v) is 3.01. The molecule has 2 N–H and O–H groups in total. The van der Waals surface area contributed by atoms with Gasteiger partial charge in [0.05, 0.1) is 19.4 Å². The van der Waals surface area contributed by atoms with Gasteiger partial charge in [-0.15, -0.1) is 24.0 Å². The SMILES string of the molecule is CN=C(NCc1cnn(C)c1)NCc1ccc(C)cc1OCC1CCOC1.I. The quantitative estimate of drug-likeness (QED) is 0.348. The van der Waals surface area contributed by atoms with Gasteiger partial charge in [0, 0.05) is 57.0 Å². The maximum absolute atomic E-state index is 6.11. The van der Waals surface area contributed by atoms with Crippen molar-refractivity contribution in [2.45, 2.75) is 26.4 Å². The molecular weight excluding hydrogens is 469 g/mol. The lowest BCUT2D eigenvalue weighted by atomic mass is 10.1. The van der Waals surface area contributed by atoms with Crippen molar-refractivity contribution in [1.29, 1.82) is 0 Å². The monoisotopic (exact) mass is 499 g/mol. The van der Waals surface area contributed by atoms with Gasteiger partial charge in [-0.05, 0) is 25.0 Å². The van der Waals surface area contributed by atoms with Gasteiger partial charge in [0.2, 0.25) is 0 Å². The number of rotatable bonds is 7. The van der Waals surface area contributed by atoms with Crippen LogP contribution in [0, 0.1) is 12.8 Å². The molecule has 0 amide bonds. The minimum Gasteiger partial charge on any atom is -0.493 e. The van der Waals surface area contributed by atoms with Crippen molar-refractivity contribution < 1.29 is 9.47 Å². The van der Waals surface area contributed by atoms with Gasteiger partial charge in [-0.2, -0.15) is 5.10 Å². The summed E-state index contributed by atoms with van der Waals surface area (Å²) < 4.78 is 13.3.